The minimum atomic E-state index is -1.05. The third-order valence-electron chi connectivity index (χ3n) is 7.56. The molecule has 3 nitrogen and oxygen atoms in total. The van der Waals surface area contributed by atoms with E-state index < -0.39 is 5.67 Å². The van der Waals surface area contributed by atoms with E-state index in [-0.39, 0.29) is 10.8 Å². The number of alkyl halides is 1. The quantitative estimate of drug-likeness (QED) is 0.796. The average Bonchev–Trinajstić information content (AvgIpc) is 3.47. The standard InChI is InChI=1S/C19H28FN3/c1-17(2,20)19-10-7-18(8-11-19,9-12-19)16-22-21-15(13-3-4-13)23(16)14-5-6-14/h13-14H,3-12H2,1-2H3. The van der Waals surface area contributed by atoms with Gasteiger partial charge in [0.05, 0.1) is 0 Å². The van der Waals surface area contributed by atoms with E-state index in [1.54, 1.807) is 13.8 Å². The molecule has 126 valence electrons. The van der Waals surface area contributed by atoms with Gasteiger partial charge >= 0.3 is 0 Å². The molecule has 5 aliphatic rings. The van der Waals surface area contributed by atoms with Crippen LogP contribution >= 0.6 is 0 Å². The molecular formula is C19H28FN3. The molecule has 0 aliphatic heterocycles. The summed E-state index contributed by atoms with van der Waals surface area (Å²) >= 11 is 0. The molecule has 0 amide bonds. The van der Waals surface area contributed by atoms with E-state index in [1.165, 1.54) is 37.3 Å². The predicted molar refractivity (Wildman–Crippen MR) is 87.3 cm³/mol. The van der Waals surface area contributed by atoms with Crippen LogP contribution in [0.1, 0.15) is 102 Å². The molecule has 6 rings (SSSR count). The van der Waals surface area contributed by atoms with Crippen LogP contribution in [0.4, 0.5) is 4.39 Å². The lowest BCUT2D eigenvalue weighted by atomic mass is 9.49. The van der Waals surface area contributed by atoms with Crippen LogP contribution in [0.3, 0.4) is 0 Å². The third kappa shape index (κ3) is 1.99. The summed E-state index contributed by atoms with van der Waals surface area (Å²) in [5.41, 5.74) is -0.947. The molecule has 5 aliphatic carbocycles. The highest BCUT2D eigenvalue weighted by Crippen LogP contribution is 2.62. The van der Waals surface area contributed by atoms with Crippen LogP contribution in [0.5, 0.6) is 0 Å². The summed E-state index contributed by atoms with van der Waals surface area (Å²) in [5, 5.41) is 9.36. The maximum Gasteiger partial charge on any atom is 0.139 e. The number of hydrogen-bond acceptors (Lipinski definition) is 2. The molecule has 1 aromatic rings. The first-order chi connectivity index (χ1) is 10.9. The molecule has 0 spiro atoms. The van der Waals surface area contributed by atoms with Crippen LogP contribution in [0.15, 0.2) is 0 Å². The number of halogens is 1. The fraction of sp³-hybridized carbons (Fsp3) is 0.895. The van der Waals surface area contributed by atoms with Gasteiger partial charge in [-0.1, -0.05) is 0 Å². The van der Waals surface area contributed by atoms with E-state index in [0.29, 0.717) is 12.0 Å². The molecular weight excluding hydrogens is 289 g/mol. The second-order valence-corrected chi connectivity index (χ2v) is 9.29. The molecule has 0 radical (unpaired) electrons. The van der Waals surface area contributed by atoms with Gasteiger partial charge in [-0.25, -0.2) is 4.39 Å². The summed E-state index contributed by atoms with van der Waals surface area (Å²) in [6, 6.07) is 0.663. The molecule has 2 bridgehead atoms. The Morgan fingerprint density at radius 2 is 1.57 bits per heavy atom. The van der Waals surface area contributed by atoms with Crippen LogP contribution in [0.2, 0.25) is 0 Å². The zero-order chi connectivity index (χ0) is 15.9. The molecule has 0 aromatic carbocycles. The topological polar surface area (TPSA) is 30.7 Å². The predicted octanol–water partition coefficient (Wildman–Crippen LogP) is 4.83. The van der Waals surface area contributed by atoms with Crippen molar-refractivity contribution < 1.29 is 4.39 Å². The monoisotopic (exact) mass is 317 g/mol. The van der Waals surface area contributed by atoms with Gasteiger partial charge < -0.3 is 4.57 Å². The molecule has 5 saturated carbocycles. The zero-order valence-corrected chi connectivity index (χ0v) is 14.4. The van der Waals surface area contributed by atoms with Crippen LogP contribution in [0.25, 0.3) is 0 Å². The smallest absolute Gasteiger partial charge is 0.139 e. The van der Waals surface area contributed by atoms with E-state index in [9.17, 15) is 4.39 Å². The van der Waals surface area contributed by atoms with Gasteiger partial charge in [0.25, 0.3) is 0 Å². The molecule has 5 fully saturated rings. The number of fused-ring (bicyclic) bond motifs is 3. The Kier molecular flexibility index (Phi) is 2.74. The summed E-state index contributed by atoms with van der Waals surface area (Å²) in [5.74, 6) is 3.21. The minimum Gasteiger partial charge on any atom is -0.311 e. The lowest BCUT2D eigenvalue weighted by Gasteiger charge is -2.56. The van der Waals surface area contributed by atoms with E-state index in [4.69, 9.17) is 5.10 Å². The van der Waals surface area contributed by atoms with E-state index >= 15 is 0 Å². The first-order valence-corrected chi connectivity index (χ1v) is 9.58. The van der Waals surface area contributed by atoms with Gasteiger partial charge in [0.1, 0.15) is 17.3 Å². The highest BCUT2D eigenvalue weighted by atomic mass is 19.1. The average molecular weight is 317 g/mol. The molecule has 4 heteroatoms. The van der Waals surface area contributed by atoms with Crippen LogP contribution < -0.4 is 0 Å². The fourth-order valence-corrected chi connectivity index (χ4v) is 5.39. The molecule has 0 atom stereocenters. The van der Waals surface area contributed by atoms with Gasteiger partial charge in [0, 0.05) is 22.8 Å². The van der Waals surface area contributed by atoms with Gasteiger partial charge in [-0.3, -0.25) is 0 Å². The molecule has 0 saturated heterocycles. The van der Waals surface area contributed by atoms with Crippen molar-refractivity contribution in [2.24, 2.45) is 5.41 Å². The van der Waals surface area contributed by atoms with Gasteiger partial charge in [0.15, 0.2) is 0 Å². The lowest BCUT2D eigenvalue weighted by molar-refractivity contribution is -0.0756. The molecule has 23 heavy (non-hydrogen) atoms. The Bertz CT molecular complexity index is 609. The van der Waals surface area contributed by atoms with Crippen molar-refractivity contribution in [2.75, 3.05) is 0 Å². The highest BCUT2D eigenvalue weighted by Gasteiger charge is 2.58. The third-order valence-corrected chi connectivity index (χ3v) is 7.56. The van der Waals surface area contributed by atoms with Crippen molar-refractivity contribution in [1.29, 1.82) is 0 Å². The molecule has 0 N–H and O–H groups in total. The lowest BCUT2D eigenvalue weighted by Crippen LogP contribution is -2.52. The van der Waals surface area contributed by atoms with Crippen molar-refractivity contribution in [3.8, 4) is 0 Å². The Labute approximate surface area is 138 Å². The van der Waals surface area contributed by atoms with Gasteiger partial charge in [0.2, 0.25) is 0 Å². The van der Waals surface area contributed by atoms with Crippen LogP contribution in [-0.2, 0) is 5.41 Å². The van der Waals surface area contributed by atoms with Gasteiger partial charge in [-0.2, -0.15) is 0 Å². The van der Waals surface area contributed by atoms with Gasteiger partial charge in [-0.05, 0) is 78.1 Å². The normalized spacial score (nSPS) is 37.3. The number of nitrogens with zero attached hydrogens (tertiary/aromatic N) is 3. The van der Waals surface area contributed by atoms with Crippen molar-refractivity contribution >= 4 is 0 Å². The van der Waals surface area contributed by atoms with Gasteiger partial charge in [-0.15, -0.1) is 10.2 Å². The summed E-state index contributed by atoms with van der Waals surface area (Å²) in [4.78, 5) is 0. The first kappa shape index (κ1) is 14.4. The maximum absolute atomic E-state index is 14.8. The molecule has 0 unspecified atom stereocenters. The molecule has 1 heterocycles. The summed E-state index contributed by atoms with van der Waals surface area (Å²) in [6.45, 7) is 3.59. The van der Waals surface area contributed by atoms with Crippen molar-refractivity contribution in [1.82, 2.24) is 14.8 Å². The van der Waals surface area contributed by atoms with Crippen LogP contribution in [0, 0.1) is 5.41 Å². The summed E-state index contributed by atoms with van der Waals surface area (Å²) in [6.07, 6.45) is 11.5. The minimum absolute atomic E-state index is 0.0848. The zero-order valence-electron chi connectivity index (χ0n) is 14.4. The number of rotatable bonds is 4. The second-order valence-electron chi connectivity index (χ2n) is 9.29. The Hall–Kier alpha value is -0.930. The highest BCUT2D eigenvalue weighted by molar-refractivity contribution is 5.23. The fourth-order valence-electron chi connectivity index (χ4n) is 5.39. The number of hydrogen-bond donors (Lipinski definition) is 0. The van der Waals surface area contributed by atoms with E-state index in [1.807, 2.05) is 0 Å². The summed E-state index contributed by atoms with van der Waals surface area (Å²) < 4.78 is 17.3. The maximum atomic E-state index is 14.8. The van der Waals surface area contributed by atoms with E-state index in [0.717, 1.165) is 38.5 Å². The summed E-state index contributed by atoms with van der Waals surface area (Å²) in [7, 11) is 0. The Balaban J connectivity index is 1.50. The van der Waals surface area contributed by atoms with Crippen molar-refractivity contribution in [3.05, 3.63) is 11.6 Å². The Morgan fingerprint density at radius 1 is 0.957 bits per heavy atom. The van der Waals surface area contributed by atoms with Crippen LogP contribution in [-0.4, -0.2) is 20.4 Å². The largest absolute Gasteiger partial charge is 0.311 e. The Morgan fingerprint density at radius 3 is 2.04 bits per heavy atom. The van der Waals surface area contributed by atoms with E-state index in [2.05, 4.69) is 9.67 Å². The number of aromatic nitrogens is 3. The molecule has 1 aromatic heterocycles. The first-order valence-electron chi connectivity index (χ1n) is 9.58. The van der Waals surface area contributed by atoms with Crippen molar-refractivity contribution in [2.45, 2.75) is 101 Å². The van der Waals surface area contributed by atoms with Crippen molar-refractivity contribution in [3.63, 3.8) is 0 Å². The second kappa shape index (κ2) is 4.37. The SMILES string of the molecule is CC(C)(F)C12CCC(c3nnc(C4CC4)n3C3CC3)(CC1)CC2.